The molecule has 0 unspecified atom stereocenters. The maximum Gasteiger partial charge on any atom is 0.180 e. The lowest BCUT2D eigenvalue weighted by atomic mass is 10.1. The molecular formula is C21H18N6O2. The third kappa shape index (κ3) is 3.00. The monoisotopic (exact) mass is 386 g/mol. The Kier molecular flexibility index (Phi) is 4.02. The maximum absolute atomic E-state index is 5.40. The molecule has 0 spiro atoms. The molecule has 0 aliphatic carbocycles. The summed E-state index contributed by atoms with van der Waals surface area (Å²) in [6, 6.07) is 11.7. The second-order valence-corrected chi connectivity index (χ2v) is 6.50. The number of aromatic nitrogens is 5. The lowest BCUT2D eigenvalue weighted by Crippen LogP contribution is -2.01. The highest BCUT2D eigenvalue weighted by Gasteiger charge is 2.12. The molecule has 29 heavy (non-hydrogen) atoms. The topological polar surface area (TPSA) is 89.4 Å². The Labute approximate surface area is 166 Å². The van der Waals surface area contributed by atoms with Crippen molar-refractivity contribution in [2.75, 3.05) is 19.5 Å². The number of nitrogens with zero attached hydrogens (tertiary/aromatic N) is 4. The minimum Gasteiger partial charge on any atom is -0.493 e. The molecule has 0 aliphatic rings. The molecule has 5 aromatic rings. The SMILES string of the molecule is COc1ccc(Nc2nc(-c3ccc4cn[nH]c4c3)cn3ccnc23)cc1OC. The zero-order valence-electron chi connectivity index (χ0n) is 15.9. The molecular weight excluding hydrogens is 368 g/mol. The van der Waals surface area contributed by atoms with Gasteiger partial charge in [0, 0.05) is 41.3 Å². The molecule has 8 nitrogen and oxygen atoms in total. The lowest BCUT2D eigenvalue weighted by molar-refractivity contribution is 0.355. The van der Waals surface area contributed by atoms with Gasteiger partial charge < -0.3 is 19.2 Å². The van der Waals surface area contributed by atoms with Gasteiger partial charge in [0.05, 0.1) is 31.6 Å². The summed E-state index contributed by atoms with van der Waals surface area (Å²) >= 11 is 0. The van der Waals surface area contributed by atoms with Crippen molar-refractivity contribution < 1.29 is 9.47 Å². The Morgan fingerprint density at radius 1 is 1.03 bits per heavy atom. The van der Waals surface area contributed by atoms with Crippen LogP contribution in [0.5, 0.6) is 11.5 Å². The van der Waals surface area contributed by atoms with E-state index in [9.17, 15) is 0 Å². The quantitative estimate of drug-likeness (QED) is 0.474. The van der Waals surface area contributed by atoms with Crippen LogP contribution in [0.25, 0.3) is 27.8 Å². The summed E-state index contributed by atoms with van der Waals surface area (Å²) in [6.07, 6.45) is 7.41. The van der Waals surface area contributed by atoms with Gasteiger partial charge in [-0.25, -0.2) is 9.97 Å². The number of hydrogen-bond donors (Lipinski definition) is 2. The van der Waals surface area contributed by atoms with Gasteiger partial charge >= 0.3 is 0 Å². The number of hydrogen-bond acceptors (Lipinski definition) is 6. The Morgan fingerprint density at radius 3 is 2.79 bits per heavy atom. The highest BCUT2D eigenvalue weighted by atomic mass is 16.5. The fraction of sp³-hybridized carbons (Fsp3) is 0.0952. The fourth-order valence-electron chi connectivity index (χ4n) is 3.30. The fourth-order valence-corrected chi connectivity index (χ4v) is 3.30. The number of ether oxygens (including phenoxy) is 2. The van der Waals surface area contributed by atoms with Gasteiger partial charge in [-0.05, 0) is 18.2 Å². The molecule has 0 saturated heterocycles. The molecule has 8 heteroatoms. The first-order valence-corrected chi connectivity index (χ1v) is 9.01. The first kappa shape index (κ1) is 17.1. The molecule has 0 bridgehead atoms. The van der Waals surface area contributed by atoms with Gasteiger partial charge in [-0.1, -0.05) is 12.1 Å². The summed E-state index contributed by atoms with van der Waals surface area (Å²) in [6.45, 7) is 0. The van der Waals surface area contributed by atoms with Crippen LogP contribution in [0.1, 0.15) is 0 Å². The van der Waals surface area contributed by atoms with E-state index in [4.69, 9.17) is 14.5 Å². The van der Waals surface area contributed by atoms with Gasteiger partial charge in [0.15, 0.2) is 23.0 Å². The maximum atomic E-state index is 5.40. The number of H-pyrrole nitrogens is 1. The minimum absolute atomic E-state index is 0.637. The molecule has 144 valence electrons. The smallest absolute Gasteiger partial charge is 0.180 e. The van der Waals surface area contributed by atoms with E-state index >= 15 is 0 Å². The highest BCUT2D eigenvalue weighted by Crippen LogP contribution is 2.32. The number of rotatable bonds is 5. The Balaban J connectivity index is 1.59. The number of fused-ring (bicyclic) bond motifs is 2. The summed E-state index contributed by atoms with van der Waals surface area (Å²) in [5, 5.41) is 11.5. The molecule has 2 aromatic carbocycles. The van der Waals surface area contributed by atoms with Crippen molar-refractivity contribution in [1.29, 1.82) is 0 Å². The van der Waals surface area contributed by atoms with Crippen molar-refractivity contribution in [1.82, 2.24) is 24.6 Å². The van der Waals surface area contributed by atoms with Gasteiger partial charge in [-0.15, -0.1) is 0 Å². The van der Waals surface area contributed by atoms with E-state index in [1.165, 1.54) is 0 Å². The zero-order valence-corrected chi connectivity index (χ0v) is 15.9. The Morgan fingerprint density at radius 2 is 1.93 bits per heavy atom. The van der Waals surface area contributed by atoms with Crippen molar-refractivity contribution >= 4 is 28.1 Å². The molecule has 5 rings (SSSR count). The third-order valence-electron chi connectivity index (χ3n) is 4.76. The van der Waals surface area contributed by atoms with Crippen molar-refractivity contribution in [3.8, 4) is 22.8 Å². The van der Waals surface area contributed by atoms with E-state index in [-0.39, 0.29) is 0 Å². The van der Waals surface area contributed by atoms with Crippen LogP contribution in [0.15, 0.2) is 61.2 Å². The molecule has 0 amide bonds. The second kappa shape index (κ2) is 6.83. The van der Waals surface area contributed by atoms with Crippen LogP contribution < -0.4 is 14.8 Å². The van der Waals surface area contributed by atoms with Crippen molar-refractivity contribution in [3.63, 3.8) is 0 Å². The van der Waals surface area contributed by atoms with E-state index in [2.05, 4.69) is 20.5 Å². The molecule has 0 radical (unpaired) electrons. The third-order valence-corrected chi connectivity index (χ3v) is 4.76. The number of imidazole rings is 1. The number of benzene rings is 2. The van der Waals surface area contributed by atoms with Crippen molar-refractivity contribution in [3.05, 3.63) is 61.2 Å². The van der Waals surface area contributed by atoms with Crippen LogP contribution in [0.4, 0.5) is 11.5 Å². The molecule has 0 fully saturated rings. The Hall–Kier alpha value is -4.07. The number of methoxy groups -OCH3 is 2. The van der Waals surface area contributed by atoms with Crippen LogP contribution in [0, 0.1) is 0 Å². The number of aromatic amines is 1. The van der Waals surface area contributed by atoms with E-state index in [1.54, 1.807) is 26.6 Å². The zero-order chi connectivity index (χ0) is 19.8. The first-order chi connectivity index (χ1) is 14.2. The highest BCUT2D eigenvalue weighted by molar-refractivity contribution is 5.84. The van der Waals surface area contributed by atoms with Crippen molar-refractivity contribution in [2.45, 2.75) is 0 Å². The summed E-state index contributed by atoms with van der Waals surface area (Å²) in [5.41, 5.74) is 4.31. The van der Waals surface area contributed by atoms with Gasteiger partial charge in [-0.3, -0.25) is 5.10 Å². The van der Waals surface area contributed by atoms with E-state index in [1.807, 2.05) is 53.2 Å². The second-order valence-electron chi connectivity index (χ2n) is 6.50. The number of nitrogens with one attached hydrogen (secondary N) is 2. The van der Waals surface area contributed by atoms with Crippen LogP contribution in [-0.4, -0.2) is 38.8 Å². The summed E-state index contributed by atoms with van der Waals surface area (Å²) < 4.78 is 12.7. The van der Waals surface area contributed by atoms with Crippen LogP contribution in [-0.2, 0) is 0 Å². The van der Waals surface area contributed by atoms with Gasteiger partial charge in [0.1, 0.15) is 0 Å². The summed E-state index contributed by atoms with van der Waals surface area (Å²) in [7, 11) is 3.22. The first-order valence-electron chi connectivity index (χ1n) is 9.01. The van der Waals surface area contributed by atoms with Crippen molar-refractivity contribution in [2.24, 2.45) is 0 Å². The average molecular weight is 386 g/mol. The van der Waals surface area contributed by atoms with Gasteiger partial charge in [0.2, 0.25) is 0 Å². The predicted molar refractivity (Wildman–Crippen MR) is 111 cm³/mol. The molecule has 0 saturated carbocycles. The molecule has 0 atom stereocenters. The predicted octanol–water partition coefficient (Wildman–Crippen LogP) is 4.03. The molecule has 2 N–H and O–H groups in total. The van der Waals surface area contributed by atoms with Crippen LogP contribution in [0.3, 0.4) is 0 Å². The number of anilines is 2. The summed E-state index contributed by atoms with van der Waals surface area (Å²) in [4.78, 5) is 9.26. The molecule has 3 heterocycles. The minimum atomic E-state index is 0.637. The normalized spacial score (nSPS) is 11.1. The van der Waals surface area contributed by atoms with E-state index in [0.717, 1.165) is 33.5 Å². The van der Waals surface area contributed by atoms with E-state index < -0.39 is 0 Å². The molecule has 3 aromatic heterocycles. The van der Waals surface area contributed by atoms with Crippen LogP contribution in [0.2, 0.25) is 0 Å². The van der Waals surface area contributed by atoms with Gasteiger partial charge in [0.25, 0.3) is 0 Å². The standard InChI is InChI=1S/C21H18N6O2/c1-28-18-6-5-15(10-19(18)29-2)24-20-21-22-7-8-27(21)12-17(25-20)13-3-4-14-11-23-26-16(14)9-13/h3-12H,1-2H3,(H,23,26)(H,24,25). The Bertz CT molecular complexity index is 1320. The van der Waals surface area contributed by atoms with Gasteiger partial charge in [-0.2, -0.15) is 5.10 Å². The lowest BCUT2D eigenvalue weighted by Gasteiger charge is -2.12. The summed E-state index contributed by atoms with van der Waals surface area (Å²) in [5.74, 6) is 1.95. The molecule has 0 aliphatic heterocycles. The van der Waals surface area contributed by atoms with Crippen LogP contribution >= 0.6 is 0 Å². The average Bonchev–Trinajstić information content (AvgIpc) is 3.42. The largest absolute Gasteiger partial charge is 0.493 e. The van der Waals surface area contributed by atoms with E-state index in [0.29, 0.717) is 17.3 Å².